The van der Waals surface area contributed by atoms with Gasteiger partial charge in [0, 0.05) is 13.1 Å². The van der Waals surface area contributed by atoms with Crippen LogP contribution in [0.1, 0.15) is 9.67 Å². The zero-order valence-corrected chi connectivity index (χ0v) is 18.7. The molecule has 6 nitrogen and oxygen atoms in total. The molecule has 27 heavy (non-hydrogen) atoms. The van der Waals surface area contributed by atoms with Crippen LogP contribution in [-0.2, 0) is 0 Å². The molecule has 2 aromatic heterocycles. The summed E-state index contributed by atoms with van der Waals surface area (Å²) in [5, 5.41) is 0.629. The Morgan fingerprint density at radius 1 is 1.07 bits per heavy atom. The number of hydrogen-bond donors (Lipinski definition) is 0. The number of fused-ring (bicyclic) bond motifs is 1. The summed E-state index contributed by atoms with van der Waals surface area (Å²) in [6, 6.07) is 7.39. The quantitative estimate of drug-likeness (QED) is 0.514. The lowest BCUT2D eigenvalue weighted by molar-refractivity contribution is 0.0989. The summed E-state index contributed by atoms with van der Waals surface area (Å²) in [7, 11) is 7.20. The van der Waals surface area contributed by atoms with Gasteiger partial charge in [0.05, 0.1) is 22.9 Å². The van der Waals surface area contributed by atoms with Crippen molar-refractivity contribution in [3.63, 3.8) is 0 Å². The predicted molar refractivity (Wildman–Crippen MR) is 115 cm³/mol. The van der Waals surface area contributed by atoms with Gasteiger partial charge in [0.15, 0.2) is 5.13 Å². The van der Waals surface area contributed by atoms with Gasteiger partial charge < -0.3 is 14.4 Å². The minimum Gasteiger partial charge on any atom is -0.495 e. The number of carbonyl (C=O) groups excluding carboxylic acids is 1. The summed E-state index contributed by atoms with van der Waals surface area (Å²) < 4.78 is 12.7. The van der Waals surface area contributed by atoms with Crippen molar-refractivity contribution in [3.05, 3.63) is 32.9 Å². The SMILES string of the molecule is COc1ccc(OC)c2sc(N(CCN(C)C)C(=O)c3ccc(Br)s3)nc12. The molecule has 1 amide bonds. The van der Waals surface area contributed by atoms with E-state index in [2.05, 4.69) is 15.9 Å². The lowest BCUT2D eigenvalue weighted by atomic mass is 10.3. The van der Waals surface area contributed by atoms with Crippen molar-refractivity contribution < 1.29 is 14.3 Å². The van der Waals surface area contributed by atoms with Crippen molar-refractivity contribution >= 4 is 59.9 Å². The zero-order chi connectivity index (χ0) is 19.6. The molecule has 0 atom stereocenters. The maximum atomic E-state index is 13.2. The van der Waals surface area contributed by atoms with Gasteiger partial charge in [0.25, 0.3) is 5.91 Å². The number of methoxy groups -OCH3 is 2. The molecule has 0 fully saturated rings. The molecule has 0 saturated carbocycles. The highest BCUT2D eigenvalue weighted by molar-refractivity contribution is 9.11. The predicted octanol–water partition coefficient (Wildman–Crippen LogP) is 4.35. The van der Waals surface area contributed by atoms with Crippen LogP contribution < -0.4 is 14.4 Å². The Labute approximate surface area is 174 Å². The van der Waals surface area contributed by atoms with E-state index in [-0.39, 0.29) is 5.91 Å². The Morgan fingerprint density at radius 3 is 2.37 bits per heavy atom. The smallest absolute Gasteiger partial charge is 0.270 e. The number of carbonyl (C=O) groups is 1. The van der Waals surface area contributed by atoms with Crippen LogP contribution in [0, 0.1) is 0 Å². The third kappa shape index (κ3) is 4.26. The normalized spacial score (nSPS) is 11.2. The molecule has 0 unspecified atom stereocenters. The van der Waals surface area contributed by atoms with E-state index in [4.69, 9.17) is 14.5 Å². The average Bonchev–Trinajstić information content (AvgIpc) is 3.27. The van der Waals surface area contributed by atoms with Gasteiger partial charge in [-0.3, -0.25) is 9.69 Å². The highest BCUT2D eigenvalue weighted by Gasteiger charge is 2.24. The van der Waals surface area contributed by atoms with Crippen LogP contribution in [0.3, 0.4) is 0 Å². The second-order valence-corrected chi connectivity index (χ2v) is 9.45. The fraction of sp³-hybridized carbons (Fsp3) is 0.333. The number of aromatic nitrogens is 1. The molecule has 0 aliphatic rings. The molecule has 3 rings (SSSR count). The summed E-state index contributed by atoms with van der Waals surface area (Å²) in [6.07, 6.45) is 0. The Kier molecular flexibility index (Phi) is 6.36. The fourth-order valence-corrected chi connectivity index (χ4v) is 4.97. The zero-order valence-electron chi connectivity index (χ0n) is 15.5. The maximum absolute atomic E-state index is 13.2. The molecule has 3 aromatic rings. The van der Waals surface area contributed by atoms with E-state index in [0.717, 1.165) is 15.0 Å². The molecular formula is C18H20BrN3O3S2. The highest BCUT2D eigenvalue weighted by Crippen LogP contribution is 2.40. The van der Waals surface area contributed by atoms with Crippen molar-refractivity contribution in [2.45, 2.75) is 0 Å². The van der Waals surface area contributed by atoms with Crippen molar-refractivity contribution in [3.8, 4) is 11.5 Å². The number of rotatable bonds is 7. The molecule has 9 heteroatoms. The summed E-state index contributed by atoms with van der Waals surface area (Å²) in [4.78, 5) is 22.3. The van der Waals surface area contributed by atoms with Crippen LogP contribution in [0.25, 0.3) is 10.2 Å². The lowest BCUT2D eigenvalue weighted by Gasteiger charge is -2.21. The van der Waals surface area contributed by atoms with E-state index in [1.807, 2.05) is 43.3 Å². The average molecular weight is 470 g/mol. The van der Waals surface area contributed by atoms with Gasteiger partial charge in [0.1, 0.15) is 21.7 Å². The van der Waals surface area contributed by atoms with Crippen molar-refractivity contribution in [1.29, 1.82) is 0 Å². The third-order valence-electron chi connectivity index (χ3n) is 3.93. The van der Waals surface area contributed by atoms with E-state index < -0.39 is 0 Å². The number of anilines is 1. The molecule has 0 saturated heterocycles. The fourth-order valence-electron chi connectivity index (χ4n) is 2.54. The van der Waals surface area contributed by atoms with Gasteiger partial charge in [-0.25, -0.2) is 4.98 Å². The van der Waals surface area contributed by atoms with Crippen molar-refractivity contribution in [1.82, 2.24) is 9.88 Å². The molecule has 1 aromatic carbocycles. The number of amides is 1. The van der Waals surface area contributed by atoms with Gasteiger partial charge in [-0.2, -0.15) is 0 Å². The molecule has 0 radical (unpaired) electrons. The number of hydrogen-bond acceptors (Lipinski definition) is 7. The van der Waals surface area contributed by atoms with Gasteiger partial charge in [-0.1, -0.05) is 11.3 Å². The van der Waals surface area contributed by atoms with Gasteiger partial charge in [-0.05, 0) is 54.3 Å². The van der Waals surface area contributed by atoms with Gasteiger partial charge in [0.2, 0.25) is 0 Å². The highest BCUT2D eigenvalue weighted by atomic mass is 79.9. The number of thiophene rings is 1. The van der Waals surface area contributed by atoms with E-state index >= 15 is 0 Å². The molecule has 2 heterocycles. The summed E-state index contributed by atoms with van der Waals surface area (Å²) in [5.41, 5.74) is 0.701. The first-order chi connectivity index (χ1) is 12.9. The Morgan fingerprint density at radius 2 is 1.78 bits per heavy atom. The summed E-state index contributed by atoms with van der Waals surface area (Å²) >= 11 is 6.27. The summed E-state index contributed by atoms with van der Waals surface area (Å²) in [6.45, 7) is 1.26. The van der Waals surface area contributed by atoms with Crippen LogP contribution in [0.4, 0.5) is 5.13 Å². The number of benzene rings is 1. The molecule has 0 aliphatic heterocycles. The number of halogens is 1. The molecule has 0 N–H and O–H groups in total. The summed E-state index contributed by atoms with van der Waals surface area (Å²) in [5.74, 6) is 1.31. The molecule has 0 bridgehead atoms. The van der Waals surface area contributed by atoms with Gasteiger partial charge >= 0.3 is 0 Å². The molecular weight excluding hydrogens is 450 g/mol. The Hall–Kier alpha value is -1.68. The second kappa shape index (κ2) is 8.55. The first kappa shape index (κ1) is 20.1. The van der Waals surface area contributed by atoms with Crippen molar-refractivity contribution in [2.24, 2.45) is 0 Å². The minimum atomic E-state index is -0.0652. The van der Waals surface area contributed by atoms with Gasteiger partial charge in [-0.15, -0.1) is 11.3 Å². The van der Waals surface area contributed by atoms with E-state index in [9.17, 15) is 4.79 Å². The van der Waals surface area contributed by atoms with Crippen LogP contribution in [0.5, 0.6) is 11.5 Å². The van der Waals surface area contributed by atoms with Crippen LogP contribution in [0.2, 0.25) is 0 Å². The lowest BCUT2D eigenvalue weighted by Crippen LogP contribution is -2.36. The van der Waals surface area contributed by atoms with Crippen LogP contribution >= 0.6 is 38.6 Å². The molecule has 0 spiro atoms. The Bertz CT molecular complexity index is 914. The number of ether oxygens (including phenoxy) is 2. The topological polar surface area (TPSA) is 54.9 Å². The number of likely N-dealkylation sites (N-methyl/N-ethyl adjacent to an activating group) is 1. The first-order valence-electron chi connectivity index (χ1n) is 8.18. The number of nitrogens with zero attached hydrogens (tertiary/aromatic N) is 3. The standard InChI is InChI=1S/C18H20BrN3O3S2/c1-21(2)9-10-22(17(23)13-7-8-14(19)26-13)18-20-15-11(24-3)5-6-12(25-4)16(15)27-18/h5-8H,9-10H2,1-4H3. The Balaban J connectivity index is 2.07. The van der Waals surface area contributed by atoms with E-state index in [0.29, 0.717) is 33.6 Å². The first-order valence-corrected chi connectivity index (χ1v) is 10.6. The van der Waals surface area contributed by atoms with Crippen LogP contribution in [-0.4, -0.2) is 57.2 Å². The van der Waals surface area contributed by atoms with E-state index in [1.165, 1.54) is 22.7 Å². The van der Waals surface area contributed by atoms with E-state index in [1.54, 1.807) is 19.1 Å². The molecule has 0 aliphatic carbocycles. The largest absolute Gasteiger partial charge is 0.495 e. The third-order valence-corrected chi connectivity index (χ3v) is 6.63. The monoisotopic (exact) mass is 469 g/mol. The number of thiazole rings is 1. The minimum absolute atomic E-state index is 0.0652. The molecule has 144 valence electrons. The van der Waals surface area contributed by atoms with Crippen molar-refractivity contribution in [2.75, 3.05) is 46.3 Å². The van der Waals surface area contributed by atoms with Crippen LogP contribution in [0.15, 0.2) is 28.1 Å². The maximum Gasteiger partial charge on any atom is 0.270 e. The second-order valence-electron chi connectivity index (χ2n) is 6.01.